The van der Waals surface area contributed by atoms with Gasteiger partial charge in [-0.1, -0.05) is 11.6 Å². The van der Waals surface area contributed by atoms with Gasteiger partial charge in [0.05, 0.1) is 16.1 Å². The van der Waals surface area contributed by atoms with Crippen molar-refractivity contribution in [1.29, 1.82) is 0 Å². The Hall–Kier alpha value is -2.40. The van der Waals surface area contributed by atoms with Gasteiger partial charge in [-0.15, -0.1) is 11.3 Å². The number of amides is 1. The molecular formula is C18H17ClF3N5O2S. The van der Waals surface area contributed by atoms with Crippen molar-refractivity contribution in [3.63, 3.8) is 0 Å². The fraction of sp³-hybridized carbons (Fsp3) is 0.444. The highest BCUT2D eigenvalue weighted by Gasteiger charge is 2.43. The predicted octanol–water partition coefficient (Wildman–Crippen LogP) is 4.15. The summed E-state index contributed by atoms with van der Waals surface area (Å²) in [4.78, 5) is 31.4. The highest BCUT2D eigenvalue weighted by molar-refractivity contribution is 7.18. The van der Waals surface area contributed by atoms with Crippen molar-refractivity contribution in [3.8, 4) is 0 Å². The first-order valence-corrected chi connectivity index (χ1v) is 10.3. The van der Waals surface area contributed by atoms with Crippen LogP contribution in [0.15, 0.2) is 10.9 Å². The standard InChI is InChI=1S/C18H17ClF3N5O2S/c1-7-6-11-16(30-7)23-9(3)27(17(11)29)25-15(28)8(2)26-13(10-4-5-10)12(19)14(24-26)18(20,21)22/h6,8,10H,4-5H2,1-3H3,(H,25,28). The Balaban J connectivity index is 1.70. The molecule has 1 N–H and O–H groups in total. The molecule has 0 spiro atoms. The highest BCUT2D eigenvalue weighted by atomic mass is 35.5. The molecule has 1 amide bonds. The maximum absolute atomic E-state index is 13.3. The van der Waals surface area contributed by atoms with Crippen LogP contribution in [-0.4, -0.2) is 25.3 Å². The Kier molecular flexibility index (Phi) is 4.93. The first-order valence-electron chi connectivity index (χ1n) is 9.14. The summed E-state index contributed by atoms with van der Waals surface area (Å²) >= 11 is 7.33. The number of carbonyl (C=O) groups is 1. The van der Waals surface area contributed by atoms with E-state index in [9.17, 15) is 22.8 Å². The number of aromatic nitrogens is 4. The lowest BCUT2D eigenvalue weighted by Gasteiger charge is -2.17. The average Bonchev–Trinajstić information content (AvgIpc) is 3.32. The number of nitrogens with zero attached hydrogens (tertiary/aromatic N) is 4. The van der Waals surface area contributed by atoms with E-state index in [1.165, 1.54) is 18.3 Å². The van der Waals surface area contributed by atoms with Crippen LogP contribution in [0, 0.1) is 13.8 Å². The largest absolute Gasteiger partial charge is 0.436 e. The third kappa shape index (κ3) is 3.49. The third-order valence-electron chi connectivity index (χ3n) is 4.94. The van der Waals surface area contributed by atoms with Crippen LogP contribution >= 0.6 is 22.9 Å². The fourth-order valence-corrected chi connectivity index (χ4v) is 4.58. The zero-order valence-corrected chi connectivity index (χ0v) is 17.7. The second kappa shape index (κ2) is 7.09. The van der Waals surface area contributed by atoms with Gasteiger partial charge in [-0.25, -0.2) is 9.66 Å². The van der Waals surface area contributed by atoms with E-state index < -0.39 is 34.4 Å². The van der Waals surface area contributed by atoms with Gasteiger partial charge in [-0.2, -0.15) is 18.3 Å². The number of nitrogens with one attached hydrogen (secondary N) is 1. The van der Waals surface area contributed by atoms with Gasteiger partial charge in [0.15, 0.2) is 5.69 Å². The monoisotopic (exact) mass is 459 g/mol. The van der Waals surface area contributed by atoms with Crippen LogP contribution in [0.4, 0.5) is 13.2 Å². The second-order valence-electron chi connectivity index (χ2n) is 7.29. The van der Waals surface area contributed by atoms with Gasteiger partial charge in [0.1, 0.15) is 16.7 Å². The maximum Gasteiger partial charge on any atom is 0.436 e. The Morgan fingerprint density at radius 1 is 1.37 bits per heavy atom. The molecule has 3 aromatic heterocycles. The third-order valence-corrected chi connectivity index (χ3v) is 6.26. The molecule has 0 aliphatic heterocycles. The van der Waals surface area contributed by atoms with E-state index in [1.807, 2.05) is 6.92 Å². The Bertz CT molecular complexity index is 1230. The van der Waals surface area contributed by atoms with E-state index in [4.69, 9.17) is 11.6 Å². The smallest absolute Gasteiger partial charge is 0.271 e. The first-order chi connectivity index (χ1) is 14.0. The molecule has 160 valence electrons. The summed E-state index contributed by atoms with van der Waals surface area (Å²) in [7, 11) is 0. The fourth-order valence-electron chi connectivity index (χ4n) is 3.28. The summed E-state index contributed by atoms with van der Waals surface area (Å²) in [5, 5.41) is 3.48. The minimum absolute atomic E-state index is 0.174. The van der Waals surface area contributed by atoms with Gasteiger partial charge in [0.25, 0.3) is 11.5 Å². The molecule has 0 bridgehead atoms. The number of aryl methyl sites for hydroxylation is 2. The first kappa shape index (κ1) is 20.9. The van der Waals surface area contributed by atoms with Crippen molar-refractivity contribution in [3.05, 3.63) is 43.5 Å². The number of halogens is 4. The molecule has 3 aromatic rings. The highest BCUT2D eigenvalue weighted by Crippen LogP contribution is 2.47. The van der Waals surface area contributed by atoms with Gasteiger partial charge in [0.2, 0.25) is 0 Å². The molecular weight excluding hydrogens is 443 g/mol. The van der Waals surface area contributed by atoms with Gasteiger partial charge >= 0.3 is 6.18 Å². The maximum atomic E-state index is 13.3. The van der Waals surface area contributed by atoms with Crippen LogP contribution in [0.5, 0.6) is 0 Å². The van der Waals surface area contributed by atoms with E-state index >= 15 is 0 Å². The molecule has 1 unspecified atom stereocenters. The van der Waals surface area contributed by atoms with E-state index in [1.54, 1.807) is 13.0 Å². The van der Waals surface area contributed by atoms with E-state index in [-0.39, 0.29) is 17.4 Å². The molecule has 4 rings (SSSR count). The lowest BCUT2D eigenvalue weighted by molar-refractivity contribution is -0.141. The molecule has 1 aliphatic carbocycles. The molecule has 1 fully saturated rings. The lowest BCUT2D eigenvalue weighted by atomic mass is 10.2. The average molecular weight is 460 g/mol. The van der Waals surface area contributed by atoms with E-state index in [0.717, 1.165) is 14.2 Å². The van der Waals surface area contributed by atoms with Crippen LogP contribution in [0.1, 0.15) is 53.8 Å². The molecule has 1 saturated carbocycles. The minimum Gasteiger partial charge on any atom is -0.271 e. The molecule has 0 saturated heterocycles. The van der Waals surface area contributed by atoms with Crippen molar-refractivity contribution in [2.24, 2.45) is 0 Å². The van der Waals surface area contributed by atoms with Crippen molar-refractivity contribution in [2.45, 2.75) is 51.7 Å². The molecule has 30 heavy (non-hydrogen) atoms. The molecule has 0 aromatic carbocycles. The van der Waals surface area contributed by atoms with E-state index in [2.05, 4.69) is 15.5 Å². The summed E-state index contributed by atoms with van der Waals surface area (Å²) < 4.78 is 41.9. The zero-order valence-electron chi connectivity index (χ0n) is 16.2. The summed E-state index contributed by atoms with van der Waals surface area (Å²) in [5.74, 6) is -0.623. The Labute approximate surface area is 177 Å². The molecule has 1 atom stereocenters. The minimum atomic E-state index is -4.73. The van der Waals surface area contributed by atoms with Crippen molar-refractivity contribution >= 4 is 39.1 Å². The van der Waals surface area contributed by atoms with Crippen LogP contribution in [-0.2, 0) is 11.0 Å². The lowest BCUT2D eigenvalue weighted by Crippen LogP contribution is -2.38. The van der Waals surface area contributed by atoms with Crippen molar-refractivity contribution in [2.75, 3.05) is 5.43 Å². The predicted molar refractivity (Wildman–Crippen MR) is 107 cm³/mol. The number of rotatable bonds is 4. The summed E-state index contributed by atoms with van der Waals surface area (Å²) in [6.07, 6.45) is -3.39. The van der Waals surface area contributed by atoms with Gasteiger partial charge in [0, 0.05) is 10.8 Å². The van der Waals surface area contributed by atoms with Gasteiger partial charge in [-0.05, 0) is 39.7 Å². The Morgan fingerprint density at radius 2 is 2.03 bits per heavy atom. The summed E-state index contributed by atoms with van der Waals surface area (Å²) in [6.45, 7) is 4.81. The topological polar surface area (TPSA) is 81.8 Å². The van der Waals surface area contributed by atoms with Gasteiger partial charge < -0.3 is 0 Å². The number of thiophene rings is 1. The molecule has 12 heteroatoms. The molecule has 3 heterocycles. The Morgan fingerprint density at radius 3 is 2.63 bits per heavy atom. The van der Waals surface area contributed by atoms with Crippen molar-refractivity contribution in [1.82, 2.24) is 19.4 Å². The van der Waals surface area contributed by atoms with Crippen LogP contribution in [0.3, 0.4) is 0 Å². The van der Waals surface area contributed by atoms with Crippen LogP contribution < -0.4 is 11.0 Å². The van der Waals surface area contributed by atoms with Crippen LogP contribution in [0.2, 0.25) is 5.02 Å². The number of hydrogen-bond donors (Lipinski definition) is 1. The second-order valence-corrected chi connectivity index (χ2v) is 8.90. The van der Waals surface area contributed by atoms with Crippen molar-refractivity contribution < 1.29 is 18.0 Å². The quantitative estimate of drug-likeness (QED) is 0.635. The molecule has 0 radical (unpaired) electrons. The van der Waals surface area contributed by atoms with Gasteiger partial charge in [-0.3, -0.25) is 19.7 Å². The number of fused-ring (bicyclic) bond motifs is 1. The zero-order chi connectivity index (χ0) is 22.0. The number of alkyl halides is 3. The normalized spacial score (nSPS) is 15.6. The molecule has 7 nitrogen and oxygen atoms in total. The SMILES string of the molecule is Cc1cc2c(=O)n(NC(=O)C(C)n3nc(C(F)(F)F)c(Cl)c3C3CC3)c(C)nc2s1. The van der Waals surface area contributed by atoms with Crippen LogP contribution in [0.25, 0.3) is 10.2 Å². The number of hydrogen-bond acceptors (Lipinski definition) is 5. The van der Waals surface area contributed by atoms with E-state index in [0.29, 0.717) is 23.1 Å². The summed E-state index contributed by atoms with van der Waals surface area (Å²) in [6, 6.07) is 0.551. The summed E-state index contributed by atoms with van der Waals surface area (Å²) in [5.41, 5.74) is 0.976. The molecule has 1 aliphatic rings. The number of carbonyl (C=O) groups excluding carboxylic acids is 1.